The number of carbonyl (C=O) groups is 2. The van der Waals surface area contributed by atoms with E-state index in [1.54, 1.807) is 32.1 Å². The van der Waals surface area contributed by atoms with Crippen LogP contribution in [0.4, 0.5) is 11.4 Å². The molecule has 0 saturated carbocycles. The summed E-state index contributed by atoms with van der Waals surface area (Å²) >= 11 is 0. The largest absolute Gasteiger partial charge is 0.478 e. The quantitative estimate of drug-likeness (QED) is 0.760. The number of aromatic carboxylic acids is 1. The molecule has 0 fully saturated rings. The third-order valence-corrected chi connectivity index (χ3v) is 2.56. The smallest absolute Gasteiger partial charge is 0.335 e. The second kappa shape index (κ2) is 5.39. The third kappa shape index (κ3) is 3.13. The number of carboxylic acids is 1. The number of carbonyl (C=O) groups excluding carboxylic acids is 1. The zero-order chi connectivity index (χ0) is 13.9. The van der Waals surface area contributed by atoms with Gasteiger partial charge in [0, 0.05) is 21.1 Å². The molecule has 0 saturated heterocycles. The van der Waals surface area contributed by atoms with Gasteiger partial charge in [0.15, 0.2) is 0 Å². The second-order valence-corrected chi connectivity index (χ2v) is 4.22. The van der Waals surface area contributed by atoms with E-state index in [9.17, 15) is 9.59 Å². The molecule has 6 heteroatoms. The third-order valence-electron chi connectivity index (χ3n) is 2.56. The van der Waals surface area contributed by atoms with Crippen molar-refractivity contribution in [2.24, 2.45) is 0 Å². The fourth-order valence-electron chi connectivity index (χ4n) is 1.46. The standard InChI is InChI=1S/C12H17N3O3/c1-14(2)11(16)7-15(3)10-5-4-8(12(17)18)6-9(10)13/h4-6H,7,13H2,1-3H3,(H,17,18). The number of hydrogen-bond acceptors (Lipinski definition) is 4. The lowest BCUT2D eigenvalue weighted by Crippen LogP contribution is -2.34. The fourth-order valence-corrected chi connectivity index (χ4v) is 1.46. The van der Waals surface area contributed by atoms with Crippen LogP contribution in [0.5, 0.6) is 0 Å². The lowest BCUT2D eigenvalue weighted by Gasteiger charge is -2.22. The molecule has 0 aliphatic heterocycles. The molecule has 0 unspecified atom stereocenters. The van der Waals surface area contributed by atoms with Crippen LogP contribution in [0.2, 0.25) is 0 Å². The Kier molecular flexibility index (Phi) is 4.14. The molecule has 0 heterocycles. The highest BCUT2D eigenvalue weighted by Gasteiger charge is 2.13. The Balaban J connectivity index is 2.90. The first-order valence-electron chi connectivity index (χ1n) is 5.37. The molecule has 18 heavy (non-hydrogen) atoms. The van der Waals surface area contributed by atoms with Crippen molar-refractivity contribution in [2.75, 3.05) is 38.3 Å². The molecule has 3 N–H and O–H groups in total. The van der Waals surface area contributed by atoms with Gasteiger partial charge >= 0.3 is 5.97 Å². The summed E-state index contributed by atoms with van der Waals surface area (Å²) in [6.45, 7) is 0.184. The number of likely N-dealkylation sites (N-methyl/N-ethyl adjacent to an activating group) is 2. The molecule has 1 aromatic rings. The number of amides is 1. The topological polar surface area (TPSA) is 86.9 Å². The molecule has 1 amide bonds. The van der Waals surface area contributed by atoms with Crippen molar-refractivity contribution < 1.29 is 14.7 Å². The van der Waals surface area contributed by atoms with Crippen LogP contribution in [-0.4, -0.2) is 49.6 Å². The molecule has 0 bridgehead atoms. The molecule has 6 nitrogen and oxygen atoms in total. The van der Waals surface area contributed by atoms with Crippen molar-refractivity contribution in [2.45, 2.75) is 0 Å². The van der Waals surface area contributed by atoms with Crippen molar-refractivity contribution in [3.8, 4) is 0 Å². The van der Waals surface area contributed by atoms with Gasteiger partial charge in [0.05, 0.1) is 23.5 Å². The summed E-state index contributed by atoms with van der Waals surface area (Å²) < 4.78 is 0. The van der Waals surface area contributed by atoms with Gasteiger partial charge in [-0.1, -0.05) is 0 Å². The highest BCUT2D eigenvalue weighted by atomic mass is 16.4. The summed E-state index contributed by atoms with van der Waals surface area (Å²) in [4.78, 5) is 25.5. The Labute approximate surface area is 106 Å². The number of anilines is 2. The molecular formula is C12H17N3O3. The molecule has 1 rings (SSSR count). The Hall–Kier alpha value is -2.24. The van der Waals surface area contributed by atoms with Crippen LogP contribution in [-0.2, 0) is 4.79 Å². The van der Waals surface area contributed by atoms with E-state index in [4.69, 9.17) is 10.8 Å². The van der Waals surface area contributed by atoms with Crippen LogP contribution in [0, 0.1) is 0 Å². The van der Waals surface area contributed by atoms with Crippen LogP contribution in [0.15, 0.2) is 18.2 Å². The van der Waals surface area contributed by atoms with Crippen LogP contribution < -0.4 is 10.6 Å². The summed E-state index contributed by atoms with van der Waals surface area (Å²) in [6, 6.07) is 4.45. The predicted molar refractivity (Wildman–Crippen MR) is 69.8 cm³/mol. The number of carboxylic acid groups (broad SMARTS) is 1. The van der Waals surface area contributed by atoms with Gasteiger partial charge in [0.2, 0.25) is 5.91 Å². The van der Waals surface area contributed by atoms with Crippen molar-refractivity contribution in [1.82, 2.24) is 4.90 Å². The summed E-state index contributed by atoms with van der Waals surface area (Å²) in [5, 5.41) is 8.83. The van der Waals surface area contributed by atoms with E-state index in [1.165, 1.54) is 17.0 Å². The highest BCUT2D eigenvalue weighted by Crippen LogP contribution is 2.23. The Morgan fingerprint density at radius 2 is 1.89 bits per heavy atom. The van der Waals surface area contributed by atoms with Crippen molar-refractivity contribution in [1.29, 1.82) is 0 Å². The zero-order valence-corrected chi connectivity index (χ0v) is 10.7. The normalized spacial score (nSPS) is 9.94. The predicted octanol–water partition coefficient (Wildman–Crippen LogP) is 0.491. The molecular weight excluding hydrogens is 234 g/mol. The first-order valence-corrected chi connectivity index (χ1v) is 5.37. The number of nitrogens with zero attached hydrogens (tertiary/aromatic N) is 2. The summed E-state index contributed by atoms with van der Waals surface area (Å²) in [5.74, 6) is -1.08. The van der Waals surface area contributed by atoms with Crippen LogP contribution >= 0.6 is 0 Å². The van der Waals surface area contributed by atoms with E-state index < -0.39 is 5.97 Å². The number of nitrogen functional groups attached to an aromatic ring is 1. The molecule has 98 valence electrons. The monoisotopic (exact) mass is 251 g/mol. The van der Waals surface area contributed by atoms with Gasteiger partial charge in [-0.2, -0.15) is 0 Å². The average molecular weight is 251 g/mol. The minimum Gasteiger partial charge on any atom is -0.478 e. The highest BCUT2D eigenvalue weighted by molar-refractivity contribution is 5.91. The van der Waals surface area contributed by atoms with Crippen molar-refractivity contribution in [3.63, 3.8) is 0 Å². The molecule has 1 aromatic carbocycles. The molecule has 0 aliphatic carbocycles. The molecule has 0 spiro atoms. The van der Waals surface area contributed by atoms with Gasteiger partial charge in [-0.15, -0.1) is 0 Å². The van der Waals surface area contributed by atoms with Gasteiger partial charge in [-0.3, -0.25) is 4.79 Å². The zero-order valence-electron chi connectivity index (χ0n) is 10.7. The summed E-state index contributed by atoms with van der Waals surface area (Å²) in [7, 11) is 5.08. The number of nitrogens with two attached hydrogens (primary N) is 1. The number of hydrogen-bond donors (Lipinski definition) is 2. The first-order chi connectivity index (χ1) is 8.32. The maximum atomic E-state index is 11.6. The number of benzene rings is 1. The lowest BCUT2D eigenvalue weighted by molar-refractivity contribution is -0.127. The average Bonchev–Trinajstić information content (AvgIpc) is 2.28. The van der Waals surface area contributed by atoms with E-state index in [0.717, 1.165) is 0 Å². The van der Waals surface area contributed by atoms with Crippen molar-refractivity contribution >= 4 is 23.3 Å². The van der Waals surface area contributed by atoms with Gasteiger partial charge < -0.3 is 20.6 Å². The number of rotatable bonds is 4. The van der Waals surface area contributed by atoms with Crippen molar-refractivity contribution in [3.05, 3.63) is 23.8 Å². The van der Waals surface area contributed by atoms with Gasteiger partial charge in [0.25, 0.3) is 0 Å². The minimum absolute atomic E-state index is 0.0563. The fraction of sp³-hybridized carbons (Fsp3) is 0.333. The molecule has 0 aromatic heterocycles. The lowest BCUT2D eigenvalue weighted by atomic mass is 10.1. The molecule has 0 atom stereocenters. The van der Waals surface area contributed by atoms with E-state index in [1.807, 2.05) is 0 Å². The van der Waals surface area contributed by atoms with E-state index in [-0.39, 0.29) is 18.0 Å². The van der Waals surface area contributed by atoms with Crippen LogP contribution in [0.25, 0.3) is 0 Å². The maximum Gasteiger partial charge on any atom is 0.335 e. The summed E-state index contributed by atoms with van der Waals surface area (Å²) in [6.07, 6.45) is 0. The SMILES string of the molecule is CN(C)C(=O)CN(C)c1ccc(C(=O)O)cc1N. The Bertz CT molecular complexity index is 472. The summed E-state index contributed by atoms with van der Waals surface area (Å²) in [5.41, 5.74) is 6.88. The van der Waals surface area contributed by atoms with E-state index in [0.29, 0.717) is 11.4 Å². The van der Waals surface area contributed by atoms with Crippen LogP contribution in [0.3, 0.4) is 0 Å². The molecule has 0 radical (unpaired) electrons. The van der Waals surface area contributed by atoms with E-state index >= 15 is 0 Å². The minimum atomic E-state index is -1.03. The Morgan fingerprint density at radius 3 is 2.33 bits per heavy atom. The maximum absolute atomic E-state index is 11.6. The first kappa shape index (κ1) is 13.8. The molecule has 0 aliphatic rings. The second-order valence-electron chi connectivity index (χ2n) is 4.22. The van der Waals surface area contributed by atoms with Gasteiger partial charge in [-0.25, -0.2) is 4.79 Å². The van der Waals surface area contributed by atoms with Gasteiger partial charge in [0.1, 0.15) is 0 Å². The van der Waals surface area contributed by atoms with Gasteiger partial charge in [-0.05, 0) is 18.2 Å². The van der Waals surface area contributed by atoms with E-state index in [2.05, 4.69) is 0 Å². The van der Waals surface area contributed by atoms with Crippen LogP contribution in [0.1, 0.15) is 10.4 Å². The Morgan fingerprint density at radius 1 is 1.28 bits per heavy atom.